The Morgan fingerprint density at radius 1 is 0.697 bits per heavy atom. The third-order valence-electron chi connectivity index (χ3n) is 5.25. The van der Waals surface area contributed by atoms with E-state index in [0.29, 0.717) is 10.6 Å². The lowest BCUT2D eigenvalue weighted by molar-refractivity contribution is 0.0962. The van der Waals surface area contributed by atoms with Crippen molar-refractivity contribution < 1.29 is 4.79 Å². The van der Waals surface area contributed by atoms with Gasteiger partial charge in [0, 0.05) is 21.5 Å². The van der Waals surface area contributed by atoms with Gasteiger partial charge in [0.15, 0.2) is 0 Å². The molecule has 1 amide bonds. The second-order valence-corrected chi connectivity index (χ2v) is 7.88. The summed E-state index contributed by atoms with van der Waals surface area (Å²) in [6, 6.07) is 32.7. The van der Waals surface area contributed by atoms with Gasteiger partial charge < -0.3 is 0 Å². The third-order valence-corrected chi connectivity index (χ3v) is 5.48. The number of aromatic nitrogens is 2. The van der Waals surface area contributed by atoms with Crippen molar-refractivity contribution in [1.29, 1.82) is 0 Å². The van der Waals surface area contributed by atoms with Gasteiger partial charge in [-0.2, -0.15) is 0 Å². The molecule has 0 aliphatic heterocycles. The van der Waals surface area contributed by atoms with Crippen LogP contribution in [-0.2, 0) is 0 Å². The fourth-order valence-corrected chi connectivity index (χ4v) is 3.77. The Bertz CT molecular complexity index is 1420. The number of amides is 1. The number of carbonyl (C=O) groups excluding carboxylic acids is 1. The lowest BCUT2D eigenvalue weighted by atomic mass is 10.0. The van der Waals surface area contributed by atoms with Crippen LogP contribution < -0.4 is 10.9 Å². The number of anilines is 1. The first-order valence-corrected chi connectivity index (χ1v) is 10.8. The van der Waals surface area contributed by atoms with E-state index in [1.807, 2.05) is 84.9 Å². The van der Waals surface area contributed by atoms with E-state index in [0.717, 1.165) is 33.3 Å². The number of hydrazine groups is 1. The number of nitrogens with one attached hydrogen (secondary N) is 2. The van der Waals surface area contributed by atoms with Crippen molar-refractivity contribution in [3.05, 3.63) is 114 Å². The minimum absolute atomic E-state index is 0.282. The van der Waals surface area contributed by atoms with Crippen molar-refractivity contribution in [3.63, 3.8) is 0 Å². The molecule has 2 N–H and O–H groups in total. The van der Waals surface area contributed by atoms with E-state index >= 15 is 0 Å². The van der Waals surface area contributed by atoms with E-state index in [-0.39, 0.29) is 11.9 Å². The SMILES string of the molecule is O=C(NNc1nc(-c2ccccc2)c2cc(Cl)ccc2n1)c1ccc(-c2ccccc2)cc1. The van der Waals surface area contributed by atoms with Crippen LogP contribution in [0.3, 0.4) is 0 Å². The second-order valence-electron chi connectivity index (χ2n) is 7.45. The summed E-state index contributed by atoms with van der Waals surface area (Å²) in [6.45, 7) is 0. The molecule has 0 aliphatic rings. The van der Waals surface area contributed by atoms with Crippen molar-refractivity contribution in [1.82, 2.24) is 15.4 Å². The van der Waals surface area contributed by atoms with Crippen LogP contribution in [0.25, 0.3) is 33.3 Å². The predicted molar refractivity (Wildman–Crippen MR) is 133 cm³/mol. The van der Waals surface area contributed by atoms with Crippen LogP contribution in [0.5, 0.6) is 0 Å². The topological polar surface area (TPSA) is 66.9 Å². The van der Waals surface area contributed by atoms with Gasteiger partial charge in [-0.25, -0.2) is 9.97 Å². The maximum atomic E-state index is 12.7. The number of carbonyl (C=O) groups is 1. The highest BCUT2D eigenvalue weighted by Gasteiger charge is 2.12. The lowest BCUT2D eigenvalue weighted by Gasteiger charge is -2.12. The minimum Gasteiger partial charge on any atom is -0.267 e. The molecule has 0 saturated carbocycles. The Labute approximate surface area is 196 Å². The molecule has 1 heterocycles. The number of hydrogen-bond donors (Lipinski definition) is 2. The molecule has 0 fully saturated rings. The first-order chi connectivity index (χ1) is 16.2. The molecule has 5 nitrogen and oxygen atoms in total. The van der Waals surface area contributed by atoms with Crippen molar-refractivity contribution >= 4 is 34.4 Å². The smallest absolute Gasteiger partial charge is 0.267 e. The molecule has 5 aromatic rings. The van der Waals surface area contributed by atoms with E-state index in [9.17, 15) is 4.79 Å². The van der Waals surface area contributed by atoms with E-state index in [1.54, 1.807) is 18.2 Å². The quantitative estimate of drug-likeness (QED) is 0.305. The van der Waals surface area contributed by atoms with Crippen LogP contribution in [0, 0.1) is 0 Å². The zero-order chi connectivity index (χ0) is 22.6. The van der Waals surface area contributed by atoms with Crippen molar-refractivity contribution in [2.45, 2.75) is 0 Å². The van der Waals surface area contributed by atoms with Crippen molar-refractivity contribution in [2.75, 3.05) is 5.43 Å². The number of hydrogen-bond acceptors (Lipinski definition) is 4. The van der Waals surface area contributed by atoms with Gasteiger partial charge in [-0.3, -0.25) is 15.6 Å². The molecule has 33 heavy (non-hydrogen) atoms. The largest absolute Gasteiger partial charge is 0.269 e. The van der Waals surface area contributed by atoms with E-state index < -0.39 is 0 Å². The Balaban J connectivity index is 1.38. The summed E-state index contributed by atoms with van der Waals surface area (Å²) in [5.74, 6) is 0.00797. The lowest BCUT2D eigenvalue weighted by Crippen LogP contribution is -2.30. The molecule has 0 saturated heterocycles. The highest BCUT2D eigenvalue weighted by atomic mass is 35.5. The fourth-order valence-electron chi connectivity index (χ4n) is 3.60. The average molecular weight is 451 g/mol. The normalized spacial score (nSPS) is 10.7. The van der Waals surface area contributed by atoms with Gasteiger partial charge in [0.05, 0.1) is 11.2 Å². The molecule has 0 spiro atoms. The van der Waals surface area contributed by atoms with Gasteiger partial charge in [0.2, 0.25) is 5.95 Å². The van der Waals surface area contributed by atoms with Gasteiger partial charge in [0.1, 0.15) is 0 Å². The number of halogens is 1. The standard InChI is InChI=1S/C27H19ClN4O/c28-22-15-16-24-23(17-22)25(20-9-5-2-6-10-20)30-27(29-24)32-31-26(33)21-13-11-19(12-14-21)18-7-3-1-4-8-18/h1-17H,(H,31,33)(H,29,30,32). The monoisotopic (exact) mass is 450 g/mol. The molecule has 6 heteroatoms. The summed E-state index contributed by atoms with van der Waals surface area (Å²) in [7, 11) is 0. The second kappa shape index (κ2) is 9.10. The summed E-state index contributed by atoms with van der Waals surface area (Å²) in [5.41, 5.74) is 10.6. The van der Waals surface area contributed by atoms with Crippen LogP contribution in [0.15, 0.2) is 103 Å². The van der Waals surface area contributed by atoms with Gasteiger partial charge in [0.25, 0.3) is 5.91 Å². The minimum atomic E-state index is -0.282. The molecule has 0 atom stereocenters. The van der Waals surface area contributed by atoms with E-state index in [2.05, 4.69) is 20.8 Å². The van der Waals surface area contributed by atoms with Crippen molar-refractivity contribution in [3.8, 4) is 22.4 Å². The molecular weight excluding hydrogens is 432 g/mol. The fraction of sp³-hybridized carbons (Fsp3) is 0. The molecule has 160 valence electrons. The van der Waals surface area contributed by atoms with Crippen LogP contribution in [-0.4, -0.2) is 15.9 Å². The summed E-state index contributed by atoms with van der Waals surface area (Å²) in [6.07, 6.45) is 0. The Morgan fingerprint density at radius 2 is 1.33 bits per heavy atom. The summed E-state index contributed by atoms with van der Waals surface area (Å²) >= 11 is 6.21. The first-order valence-electron chi connectivity index (χ1n) is 10.4. The Kier molecular flexibility index (Phi) is 5.70. The summed E-state index contributed by atoms with van der Waals surface area (Å²) in [5, 5.41) is 1.44. The highest BCUT2D eigenvalue weighted by molar-refractivity contribution is 6.31. The zero-order valence-electron chi connectivity index (χ0n) is 17.5. The first kappa shape index (κ1) is 20.7. The molecule has 1 aromatic heterocycles. The Morgan fingerprint density at radius 3 is 2.03 bits per heavy atom. The van der Waals surface area contributed by atoms with Gasteiger partial charge in [-0.15, -0.1) is 0 Å². The number of nitrogens with zero attached hydrogens (tertiary/aromatic N) is 2. The molecule has 5 rings (SSSR count). The molecule has 0 bridgehead atoms. The zero-order valence-corrected chi connectivity index (χ0v) is 18.3. The van der Waals surface area contributed by atoms with Crippen LogP contribution in [0.2, 0.25) is 5.02 Å². The Hall–Kier alpha value is -4.22. The predicted octanol–water partition coefficient (Wildman–Crippen LogP) is 6.37. The number of benzene rings is 4. The average Bonchev–Trinajstić information content (AvgIpc) is 2.88. The molecule has 4 aromatic carbocycles. The summed E-state index contributed by atoms with van der Waals surface area (Å²) in [4.78, 5) is 21.8. The van der Waals surface area contributed by atoms with Gasteiger partial charge in [-0.1, -0.05) is 84.4 Å². The maximum Gasteiger partial charge on any atom is 0.269 e. The van der Waals surface area contributed by atoms with Crippen LogP contribution in [0.1, 0.15) is 10.4 Å². The van der Waals surface area contributed by atoms with Gasteiger partial charge >= 0.3 is 0 Å². The molecular formula is C27H19ClN4O. The molecule has 0 aliphatic carbocycles. The van der Waals surface area contributed by atoms with E-state index in [1.165, 1.54) is 0 Å². The van der Waals surface area contributed by atoms with Crippen LogP contribution in [0.4, 0.5) is 5.95 Å². The van der Waals surface area contributed by atoms with Crippen molar-refractivity contribution in [2.24, 2.45) is 0 Å². The highest BCUT2D eigenvalue weighted by Crippen LogP contribution is 2.29. The molecule has 0 unspecified atom stereocenters. The van der Waals surface area contributed by atoms with Gasteiger partial charge in [-0.05, 0) is 41.5 Å². The number of fused-ring (bicyclic) bond motifs is 1. The summed E-state index contributed by atoms with van der Waals surface area (Å²) < 4.78 is 0. The number of rotatable bonds is 5. The molecule has 0 radical (unpaired) electrons. The van der Waals surface area contributed by atoms with E-state index in [4.69, 9.17) is 11.6 Å². The maximum absolute atomic E-state index is 12.7. The van der Waals surface area contributed by atoms with Crippen LogP contribution >= 0.6 is 11.6 Å². The third kappa shape index (κ3) is 4.54.